The molecule has 1 aromatic carbocycles. The van der Waals surface area contributed by atoms with E-state index in [1.807, 2.05) is 0 Å². The first kappa shape index (κ1) is 13.0. The van der Waals surface area contributed by atoms with Crippen LogP contribution < -0.4 is 10.1 Å². The fraction of sp³-hybridized carbons (Fsp3) is 0.417. The van der Waals surface area contributed by atoms with Gasteiger partial charge in [-0.1, -0.05) is 13.8 Å². The van der Waals surface area contributed by atoms with Crippen LogP contribution in [0.3, 0.4) is 0 Å². The Morgan fingerprint density at radius 1 is 1.50 bits per heavy atom. The van der Waals surface area contributed by atoms with Gasteiger partial charge in [-0.05, 0) is 34.1 Å². The highest BCUT2D eigenvalue weighted by Crippen LogP contribution is 2.25. The number of hydrogen-bond acceptors (Lipinski definition) is 3. The van der Waals surface area contributed by atoms with Gasteiger partial charge in [0, 0.05) is 12.6 Å². The molecule has 1 N–H and O–H groups in total. The highest BCUT2D eigenvalue weighted by atomic mass is 79.9. The van der Waals surface area contributed by atoms with Crippen LogP contribution in [0.4, 0.5) is 0 Å². The zero-order valence-electron chi connectivity index (χ0n) is 9.46. The van der Waals surface area contributed by atoms with E-state index in [1.54, 1.807) is 18.2 Å². The maximum Gasteiger partial charge on any atom is 0.133 e. The minimum absolute atomic E-state index is 0.466. The van der Waals surface area contributed by atoms with Crippen LogP contribution in [0.1, 0.15) is 19.4 Å². The molecule has 0 saturated heterocycles. The first-order chi connectivity index (χ1) is 7.63. The van der Waals surface area contributed by atoms with Crippen molar-refractivity contribution in [1.29, 1.82) is 5.26 Å². The molecule has 0 aliphatic rings. The quantitative estimate of drug-likeness (QED) is 0.845. The van der Waals surface area contributed by atoms with Crippen LogP contribution in [0.15, 0.2) is 22.7 Å². The minimum Gasteiger partial charge on any atom is -0.491 e. The van der Waals surface area contributed by atoms with Gasteiger partial charge in [0.2, 0.25) is 0 Å². The van der Waals surface area contributed by atoms with E-state index in [4.69, 9.17) is 10.00 Å². The number of halogens is 1. The molecule has 1 aromatic rings. The number of hydrogen-bond donors (Lipinski definition) is 1. The van der Waals surface area contributed by atoms with Crippen molar-refractivity contribution in [3.05, 3.63) is 28.2 Å². The van der Waals surface area contributed by atoms with Gasteiger partial charge in [0.05, 0.1) is 16.1 Å². The summed E-state index contributed by atoms with van der Waals surface area (Å²) < 4.78 is 6.38. The van der Waals surface area contributed by atoms with Gasteiger partial charge >= 0.3 is 0 Å². The standard InChI is InChI=1S/C12H15BrN2O/c1-9(2)15-5-6-16-12-4-3-10(8-14)7-11(12)13/h3-4,7,9,15H,5-6H2,1-2H3. The Bertz CT molecular complexity index is 385. The fourth-order valence-corrected chi connectivity index (χ4v) is 1.69. The van der Waals surface area contributed by atoms with Crippen molar-refractivity contribution in [2.75, 3.05) is 13.2 Å². The Morgan fingerprint density at radius 2 is 2.25 bits per heavy atom. The van der Waals surface area contributed by atoms with Gasteiger partial charge in [0.1, 0.15) is 12.4 Å². The van der Waals surface area contributed by atoms with Gasteiger partial charge in [-0.25, -0.2) is 0 Å². The van der Waals surface area contributed by atoms with Crippen LogP contribution in [0.25, 0.3) is 0 Å². The Kier molecular flexibility index (Phi) is 5.30. The molecule has 86 valence electrons. The topological polar surface area (TPSA) is 45.0 Å². The number of rotatable bonds is 5. The normalized spacial score (nSPS) is 10.2. The van der Waals surface area contributed by atoms with Crippen LogP contribution in [0.5, 0.6) is 5.75 Å². The van der Waals surface area contributed by atoms with Crippen LogP contribution >= 0.6 is 15.9 Å². The van der Waals surface area contributed by atoms with Gasteiger partial charge in [0.15, 0.2) is 0 Å². The van der Waals surface area contributed by atoms with E-state index < -0.39 is 0 Å². The first-order valence-corrected chi connectivity index (χ1v) is 5.98. The van der Waals surface area contributed by atoms with Crippen LogP contribution in [-0.4, -0.2) is 19.2 Å². The molecule has 0 heterocycles. The van der Waals surface area contributed by atoms with Crippen molar-refractivity contribution >= 4 is 15.9 Å². The van der Waals surface area contributed by atoms with Crippen molar-refractivity contribution < 1.29 is 4.74 Å². The number of nitrogens with one attached hydrogen (secondary N) is 1. The summed E-state index contributed by atoms with van der Waals surface area (Å²) in [6.45, 7) is 5.61. The van der Waals surface area contributed by atoms with Crippen molar-refractivity contribution in [3.8, 4) is 11.8 Å². The van der Waals surface area contributed by atoms with Gasteiger partial charge in [-0.15, -0.1) is 0 Å². The molecule has 0 spiro atoms. The van der Waals surface area contributed by atoms with Crippen LogP contribution in [0, 0.1) is 11.3 Å². The lowest BCUT2D eigenvalue weighted by Gasteiger charge is -2.10. The minimum atomic E-state index is 0.466. The Balaban J connectivity index is 2.46. The number of benzene rings is 1. The summed E-state index contributed by atoms with van der Waals surface area (Å²) in [6.07, 6.45) is 0. The highest BCUT2D eigenvalue weighted by molar-refractivity contribution is 9.10. The molecule has 0 unspecified atom stereocenters. The lowest BCUT2D eigenvalue weighted by molar-refractivity contribution is 0.307. The number of nitrogens with zero attached hydrogens (tertiary/aromatic N) is 1. The Morgan fingerprint density at radius 3 is 2.81 bits per heavy atom. The van der Waals surface area contributed by atoms with Gasteiger partial charge in [-0.2, -0.15) is 5.26 Å². The van der Waals surface area contributed by atoms with Crippen molar-refractivity contribution in [1.82, 2.24) is 5.32 Å². The summed E-state index contributed by atoms with van der Waals surface area (Å²) >= 11 is 3.37. The molecule has 1 rings (SSSR count). The largest absolute Gasteiger partial charge is 0.491 e. The predicted octanol–water partition coefficient (Wildman–Crippen LogP) is 2.70. The van der Waals surface area contributed by atoms with Gasteiger partial charge in [-0.3, -0.25) is 0 Å². The molecule has 0 saturated carbocycles. The average molecular weight is 283 g/mol. The molecule has 0 aliphatic carbocycles. The Labute approximate surface area is 105 Å². The molecular weight excluding hydrogens is 268 g/mol. The second-order valence-electron chi connectivity index (χ2n) is 3.71. The van der Waals surface area contributed by atoms with Crippen molar-refractivity contribution in [2.24, 2.45) is 0 Å². The van der Waals surface area contributed by atoms with E-state index in [0.717, 1.165) is 16.8 Å². The zero-order valence-corrected chi connectivity index (χ0v) is 11.0. The van der Waals surface area contributed by atoms with E-state index in [1.165, 1.54) is 0 Å². The van der Waals surface area contributed by atoms with Crippen LogP contribution in [-0.2, 0) is 0 Å². The molecule has 0 fully saturated rings. The van der Waals surface area contributed by atoms with E-state index >= 15 is 0 Å². The molecule has 0 aromatic heterocycles. The average Bonchev–Trinajstić information content (AvgIpc) is 2.25. The molecule has 0 atom stereocenters. The highest BCUT2D eigenvalue weighted by Gasteiger charge is 2.02. The van der Waals surface area contributed by atoms with Crippen LogP contribution in [0.2, 0.25) is 0 Å². The van der Waals surface area contributed by atoms with Gasteiger partial charge in [0.25, 0.3) is 0 Å². The van der Waals surface area contributed by atoms with Gasteiger partial charge < -0.3 is 10.1 Å². The lowest BCUT2D eigenvalue weighted by Crippen LogP contribution is -2.27. The third kappa shape index (κ3) is 4.21. The molecule has 3 nitrogen and oxygen atoms in total. The fourth-order valence-electron chi connectivity index (χ4n) is 1.20. The number of ether oxygens (including phenoxy) is 1. The number of nitriles is 1. The summed E-state index contributed by atoms with van der Waals surface area (Å²) in [7, 11) is 0. The monoisotopic (exact) mass is 282 g/mol. The van der Waals surface area contributed by atoms with Crippen molar-refractivity contribution in [2.45, 2.75) is 19.9 Å². The Hall–Kier alpha value is -1.05. The summed E-state index contributed by atoms with van der Waals surface area (Å²) in [6, 6.07) is 7.85. The smallest absolute Gasteiger partial charge is 0.133 e. The lowest BCUT2D eigenvalue weighted by atomic mass is 10.2. The third-order valence-corrected chi connectivity index (χ3v) is 2.59. The van der Waals surface area contributed by atoms with Crippen molar-refractivity contribution in [3.63, 3.8) is 0 Å². The summed E-state index contributed by atoms with van der Waals surface area (Å²) in [4.78, 5) is 0. The van der Waals surface area contributed by atoms with E-state index in [2.05, 4.69) is 41.2 Å². The summed E-state index contributed by atoms with van der Waals surface area (Å²) in [5.41, 5.74) is 0.625. The predicted molar refractivity (Wildman–Crippen MR) is 67.5 cm³/mol. The summed E-state index contributed by atoms with van der Waals surface area (Å²) in [5, 5.41) is 12.0. The SMILES string of the molecule is CC(C)NCCOc1ccc(C#N)cc1Br. The molecule has 0 aliphatic heterocycles. The van der Waals surface area contributed by atoms with E-state index in [-0.39, 0.29) is 0 Å². The first-order valence-electron chi connectivity index (χ1n) is 5.19. The summed E-state index contributed by atoms with van der Waals surface area (Å²) in [5.74, 6) is 0.768. The van der Waals surface area contributed by atoms with E-state index in [0.29, 0.717) is 18.2 Å². The molecule has 0 amide bonds. The maximum atomic E-state index is 8.71. The van der Waals surface area contributed by atoms with E-state index in [9.17, 15) is 0 Å². The second-order valence-corrected chi connectivity index (χ2v) is 4.57. The molecule has 0 radical (unpaired) electrons. The zero-order chi connectivity index (χ0) is 12.0. The molecular formula is C12H15BrN2O. The molecule has 16 heavy (non-hydrogen) atoms. The molecule has 0 bridgehead atoms. The second kappa shape index (κ2) is 6.51. The third-order valence-electron chi connectivity index (χ3n) is 1.97. The maximum absolute atomic E-state index is 8.71. The molecule has 4 heteroatoms.